The van der Waals surface area contributed by atoms with Crippen molar-refractivity contribution in [3.8, 4) is 0 Å². The first-order valence-electron chi connectivity index (χ1n) is 5.59. The van der Waals surface area contributed by atoms with Crippen LogP contribution in [0.25, 0.3) is 10.9 Å². The first kappa shape index (κ1) is 11.7. The zero-order chi connectivity index (χ0) is 12.3. The van der Waals surface area contributed by atoms with Crippen molar-refractivity contribution in [2.24, 2.45) is 5.73 Å². The molecule has 2 aromatic rings. The number of aromatic amines is 1. The molecule has 4 nitrogen and oxygen atoms in total. The molecule has 0 bridgehead atoms. The Morgan fingerprint density at radius 3 is 3.00 bits per heavy atom. The number of ether oxygens (including phenoxy) is 1. The number of nitrogens with one attached hydrogen (secondary N) is 1. The third-order valence-corrected chi connectivity index (χ3v) is 2.99. The molecule has 3 N–H and O–H groups in total. The number of methoxy groups -OCH3 is 1. The number of hydrogen-bond acceptors (Lipinski definition) is 3. The Morgan fingerprint density at radius 2 is 2.29 bits per heavy atom. The lowest BCUT2D eigenvalue weighted by Gasteiger charge is -2.14. The molecule has 17 heavy (non-hydrogen) atoms. The van der Waals surface area contributed by atoms with Crippen molar-refractivity contribution in [2.45, 2.75) is 12.3 Å². The maximum absolute atomic E-state index is 11.3. The molecule has 4 heteroatoms. The molecule has 0 radical (unpaired) electrons. The predicted molar refractivity (Wildman–Crippen MR) is 66.7 cm³/mol. The summed E-state index contributed by atoms with van der Waals surface area (Å²) in [4.78, 5) is 14.5. The van der Waals surface area contributed by atoms with Crippen molar-refractivity contribution in [2.75, 3.05) is 13.7 Å². The van der Waals surface area contributed by atoms with Gasteiger partial charge in [0, 0.05) is 23.0 Å². The van der Waals surface area contributed by atoms with E-state index in [0.717, 1.165) is 16.5 Å². The number of aromatic nitrogens is 1. The summed E-state index contributed by atoms with van der Waals surface area (Å²) in [6.07, 6.45) is 2.21. The van der Waals surface area contributed by atoms with Crippen LogP contribution in [-0.4, -0.2) is 24.6 Å². The summed E-state index contributed by atoms with van der Waals surface area (Å²) >= 11 is 0. The highest BCUT2D eigenvalue weighted by molar-refractivity contribution is 5.84. The molecule has 0 aliphatic carbocycles. The summed E-state index contributed by atoms with van der Waals surface area (Å²) < 4.78 is 4.70. The Hall–Kier alpha value is -1.81. The van der Waals surface area contributed by atoms with Gasteiger partial charge < -0.3 is 15.5 Å². The van der Waals surface area contributed by atoms with Crippen molar-refractivity contribution in [1.82, 2.24) is 4.98 Å². The summed E-state index contributed by atoms with van der Waals surface area (Å²) in [5, 5.41) is 1.12. The van der Waals surface area contributed by atoms with Gasteiger partial charge in [0.1, 0.15) is 0 Å². The average molecular weight is 232 g/mol. The minimum absolute atomic E-state index is 0.00181. The molecule has 2 rings (SSSR count). The van der Waals surface area contributed by atoms with Gasteiger partial charge in [-0.3, -0.25) is 4.79 Å². The molecule has 0 spiro atoms. The molecule has 90 valence electrons. The van der Waals surface area contributed by atoms with E-state index in [1.165, 1.54) is 7.11 Å². The Morgan fingerprint density at radius 1 is 1.47 bits per heavy atom. The second kappa shape index (κ2) is 5.01. The first-order valence-corrected chi connectivity index (χ1v) is 5.59. The molecule has 0 aliphatic rings. The van der Waals surface area contributed by atoms with Gasteiger partial charge in [0.05, 0.1) is 13.5 Å². The largest absolute Gasteiger partial charge is 0.469 e. The van der Waals surface area contributed by atoms with Gasteiger partial charge in [-0.2, -0.15) is 0 Å². The molecular weight excluding hydrogens is 216 g/mol. The number of carbonyl (C=O) groups is 1. The molecule has 0 saturated carbocycles. The Kier molecular flexibility index (Phi) is 3.44. The van der Waals surface area contributed by atoms with E-state index in [1.807, 2.05) is 30.5 Å². The second-order valence-electron chi connectivity index (χ2n) is 4.00. The summed E-state index contributed by atoms with van der Waals surface area (Å²) in [6.45, 7) is 0.430. The number of carbonyl (C=O) groups excluding carboxylic acids is 1. The molecule has 1 atom stereocenters. The van der Waals surface area contributed by atoms with Crippen molar-refractivity contribution in [3.05, 3.63) is 36.0 Å². The molecule has 0 aliphatic heterocycles. The standard InChI is InChI=1S/C13H16N2O2/c1-17-13(16)7-9(8-14)10-3-2-4-12-11(10)5-6-15-12/h2-6,9,15H,7-8,14H2,1H3. The predicted octanol–water partition coefficient (Wildman–Crippen LogP) is 1.77. The first-order chi connectivity index (χ1) is 8.26. The van der Waals surface area contributed by atoms with Gasteiger partial charge in [-0.15, -0.1) is 0 Å². The van der Waals surface area contributed by atoms with E-state index in [1.54, 1.807) is 0 Å². The minimum Gasteiger partial charge on any atom is -0.469 e. The van der Waals surface area contributed by atoms with E-state index in [4.69, 9.17) is 10.5 Å². The lowest BCUT2D eigenvalue weighted by molar-refractivity contribution is -0.141. The van der Waals surface area contributed by atoms with Gasteiger partial charge in [0.25, 0.3) is 0 Å². The summed E-state index contributed by atoms with van der Waals surface area (Å²) in [6, 6.07) is 7.99. The monoisotopic (exact) mass is 232 g/mol. The SMILES string of the molecule is COC(=O)CC(CN)c1cccc2[nH]ccc12. The maximum atomic E-state index is 11.3. The average Bonchev–Trinajstić information content (AvgIpc) is 2.83. The molecule has 0 saturated heterocycles. The summed E-state index contributed by atoms with van der Waals surface area (Å²) in [5.41, 5.74) is 7.90. The smallest absolute Gasteiger partial charge is 0.306 e. The highest BCUT2D eigenvalue weighted by Gasteiger charge is 2.17. The van der Waals surface area contributed by atoms with Gasteiger partial charge >= 0.3 is 5.97 Å². The van der Waals surface area contributed by atoms with Crippen molar-refractivity contribution in [1.29, 1.82) is 0 Å². The van der Waals surface area contributed by atoms with Gasteiger partial charge in [-0.25, -0.2) is 0 Å². The Bertz CT molecular complexity index is 519. The topological polar surface area (TPSA) is 68.1 Å². The van der Waals surface area contributed by atoms with E-state index in [0.29, 0.717) is 13.0 Å². The van der Waals surface area contributed by atoms with Crippen LogP contribution in [-0.2, 0) is 9.53 Å². The zero-order valence-corrected chi connectivity index (χ0v) is 9.77. The van der Waals surface area contributed by atoms with Crippen molar-refractivity contribution in [3.63, 3.8) is 0 Å². The Balaban J connectivity index is 2.35. The van der Waals surface area contributed by atoms with Gasteiger partial charge in [-0.05, 0) is 24.2 Å². The molecular formula is C13H16N2O2. The van der Waals surface area contributed by atoms with E-state index in [2.05, 4.69) is 4.98 Å². The van der Waals surface area contributed by atoms with Crippen LogP contribution in [0.2, 0.25) is 0 Å². The van der Waals surface area contributed by atoms with Crippen LogP contribution < -0.4 is 5.73 Å². The van der Waals surface area contributed by atoms with E-state index >= 15 is 0 Å². The van der Waals surface area contributed by atoms with Crippen LogP contribution in [0.1, 0.15) is 17.9 Å². The lowest BCUT2D eigenvalue weighted by Crippen LogP contribution is -2.17. The lowest BCUT2D eigenvalue weighted by atomic mass is 9.93. The van der Waals surface area contributed by atoms with Crippen molar-refractivity contribution >= 4 is 16.9 Å². The number of rotatable bonds is 4. The Labute approximate surface area is 99.8 Å². The van der Waals surface area contributed by atoms with Crippen LogP contribution in [0, 0.1) is 0 Å². The third-order valence-electron chi connectivity index (χ3n) is 2.99. The quantitative estimate of drug-likeness (QED) is 0.789. The summed E-state index contributed by atoms with van der Waals surface area (Å²) in [5.74, 6) is -0.227. The summed E-state index contributed by atoms with van der Waals surface area (Å²) in [7, 11) is 1.40. The zero-order valence-electron chi connectivity index (χ0n) is 9.77. The van der Waals surface area contributed by atoms with Gasteiger partial charge in [-0.1, -0.05) is 12.1 Å². The molecule has 0 amide bonds. The third kappa shape index (κ3) is 2.31. The van der Waals surface area contributed by atoms with E-state index in [9.17, 15) is 4.79 Å². The van der Waals surface area contributed by atoms with Crippen LogP contribution in [0.4, 0.5) is 0 Å². The van der Waals surface area contributed by atoms with Crippen molar-refractivity contribution < 1.29 is 9.53 Å². The van der Waals surface area contributed by atoms with Crippen LogP contribution in [0.3, 0.4) is 0 Å². The number of esters is 1. The fourth-order valence-corrected chi connectivity index (χ4v) is 2.07. The highest BCUT2D eigenvalue weighted by atomic mass is 16.5. The maximum Gasteiger partial charge on any atom is 0.306 e. The van der Waals surface area contributed by atoms with Crippen LogP contribution >= 0.6 is 0 Å². The number of fused-ring (bicyclic) bond motifs is 1. The number of hydrogen-bond donors (Lipinski definition) is 2. The number of benzene rings is 1. The van der Waals surface area contributed by atoms with E-state index in [-0.39, 0.29) is 11.9 Å². The molecule has 0 fully saturated rings. The fourth-order valence-electron chi connectivity index (χ4n) is 2.07. The highest BCUT2D eigenvalue weighted by Crippen LogP contribution is 2.27. The molecule has 1 unspecified atom stereocenters. The van der Waals surface area contributed by atoms with E-state index < -0.39 is 0 Å². The fraction of sp³-hybridized carbons (Fsp3) is 0.308. The van der Waals surface area contributed by atoms with Crippen LogP contribution in [0.5, 0.6) is 0 Å². The van der Waals surface area contributed by atoms with Gasteiger partial charge in [0.15, 0.2) is 0 Å². The molecule has 1 aromatic carbocycles. The van der Waals surface area contributed by atoms with Gasteiger partial charge in [0.2, 0.25) is 0 Å². The van der Waals surface area contributed by atoms with Crippen LogP contribution in [0.15, 0.2) is 30.5 Å². The molecule has 1 heterocycles. The minimum atomic E-state index is -0.229. The second-order valence-corrected chi connectivity index (χ2v) is 4.00. The number of nitrogens with two attached hydrogens (primary N) is 1. The molecule has 1 aromatic heterocycles. The number of H-pyrrole nitrogens is 1. The normalized spacial score (nSPS) is 12.6.